The first-order chi connectivity index (χ1) is 21.8. The fourth-order valence-corrected chi connectivity index (χ4v) is 7.52. The van der Waals surface area contributed by atoms with Gasteiger partial charge in [-0.05, 0) is 102 Å². The van der Waals surface area contributed by atoms with E-state index in [0.717, 1.165) is 27.7 Å². The minimum Gasteiger partial charge on any atom is -0.456 e. The van der Waals surface area contributed by atoms with E-state index < -0.39 is 0 Å². The molecule has 0 bridgehead atoms. The Hall–Kier alpha value is -5.66. The molecule has 0 atom stereocenters. The zero-order valence-electron chi connectivity index (χ0n) is 24.4. The summed E-state index contributed by atoms with van der Waals surface area (Å²) in [6.07, 6.45) is 6.14. The topological polar surface area (TPSA) is 13.1 Å². The van der Waals surface area contributed by atoms with Gasteiger partial charge in [0.15, 0.2) is 0 Å². The second-order valence-electron chi connectivity index (χ2n) is 11.6. The van der Waals surface area contributed by atoms with E-state index in [-0.39, 0.29) is 0 Å². The third kappa shape index (κ3) is 3.35. The standard InChI is InChI=1S/C43H28O/c1-3-14-29-23-34-36(24-26(29)4-2)44-37-25-35-40-32(41(34)37)21-13-22-33(40)42-38(27-15-7-5-8-16-27)30-19-11-12-20-31(30)39(43(35)42)28-17-9-6-10-18-28/h3-25H,2H2,1H3/b14-3-. The lowest BCUT2D eigenvalue weighted by Gasteiger charge is -2.20. The van der Waals surface area contributed by atoms with Crippen molar-refractivity contribution >= 4 is 55.6 Å². The second-order valence-corrected chi connectivity index (χ2v) is 11.6. The molecule has 206 valence electrons. The molecule has 44 heavy (non-hydrogen) atoms. The van der Waals surface area contributed by atoms with E-state index in [1.807, 2.05) is 6.08 Å². The van der Waals surface area contributed by atoms with Crippen molar-refractivity contribution in [1.82, 2.24) is 0 Å². The van der Waals surface area contributed by atoms with Crippen LogP contribution in [-0.4, -0.2) is 0 Å². The molecule has 8 aromatic rings. The predicted octanol–water partition coefficient (Wildman–Crippen LogP) is 12.5. The molecule has 0 radical (unpaired) electrons. The van der Waals surface area contributed by atoms with Gasteiger partial charge in [0.05, 0.1) is 0 Å². The highest BCUT2D eigenvalue weighted by Crippen LogP contribution is 2.59. The van der Waals surface area contributed by atoms with Crippen LogP contribution in [0.3, 0.4) is 0 Å². The maximum Gasteiger partial charge on any atom is 0.136 e. The van der Waals surface area contributed by atoms with E-state index in [9.17, 15) is 0 Å². The second kappa shape index (κ2) is 9.42. The van der Waals surface area contributed by atoms with Gasteiger partial charge in [-0.25, -0.2) is 0 Å². The van der Waals surface area contributed by atoms with Crippen molar-refractivity contribution in [2.24, 2.45) is 0 Å². The molecule has 1 heterocycles. The Kier molecular flexibility index (Phi) is 5.33. The summed E-state index contributed by atoms with van der Waals surface area (Å²) >= 11 is 0. The SMILES string of the molecule is C=Cc1cc2oc3cc4c5c(cccc5c3c2cc1/C=C\C)-c1c-4c(-c2ccccc2)c2ccccc2c1-c1ccccc1. The number of hydrogen-bond acceptors (Lipinski definition) is 1. The Morgan fingerprint density at radius 2 is 1.11 bits per heavy atom. The third-order valence-corrected chi connectivity index (χ3v) is 9.24. The van der Waals surface area contributed by atoms with Gasteiger partial charge >= 0.3 is 0 Å². The van der Waals surface area contributed by atoms with Gasteiger partial charge in [-0.3, -0.25) is 0 Å². The molecule has 0 amide bonds. The average Bonchev–Trinajstić information content (AvgIpc) is 3.60. The number of rotatable bonds is 4. The van der Waals surface area contributed by atoms with Crippen molar-refractivity contribution < 1.29 is 4.42 Å². The largest absolute Gasteiger partial charge is 0.456 e. The number of benzene rings is 7. The van der Waals surface area contributed by atoms with Crippen molar-refractivity contribution in [3.63, 3.8) is 0 Å². The average molecular weight is 561 g/mol. The fraction of sp³-hybridized carbons (Fsp3) is 0.0233. The van der Waals surface area contributed by atoms with Gasteiger partial charge in [0, 0.05) is 10.8 Å². The molecule has 0 spiro atoms. The van der Waals surface area contributed by atoms with E-state index in [4.69, 9.17) is 4.42 Å². The molecule has 1 aliphatic carbocycles. The Morgan fingerprint density at radius 3 is 1.75 bits per heavy atom. The Labute approximate surface area is 256 Å². The van der Waals surface area contributed by atoms with Gasteiger partial charge in [-0.15, -0.1) is 0 Å². The van der Waals surface area contributed by atoms with Crippen LogP contribution >= 0.6 is 0 Å². The molecule has 0 saturated carbocycles. The number of furan rings is 1. The lowest BCUT2D eigenvalue weighted by atomic mass is 9.82. The Bertz CT molecular complexity index is 2490. The molecule has 9 rings (SSSR count). The molecule has 0 saturated heterocycles. The van der Waals surface area contributed by atoms with Crippen LogP contribution in [0.1, 0.15) is 18.1 Å². The summed E-state index contributed by atoms with van der Waals surface area (Å²) in [5.41, 5.74) is 14.1. The summed E-state index contributed by atoms with van der Waals surface area (Å²) in [6.45, 7) is 6.12. The molecule has 1 nitrogen and oxygen atoms in total. The molecular formula is C43H28O. The van der Waals surface area contributed by atoms with Gasteiger partial charge in [-0.1, -0.05) is 128 Å². The van der Waals surface area contributed by atoms with Crippen molar-refractivity contribution in [2.45, 2.75) is 6.92 Å². The molecule has 1 heteroatoms. The minimum absolute atomic E-state index is 0.888. The van der Waals surface area contributed by atoms with Crippen molar-refractivity contribution in [1.29, 1.82) is 0 Å². The predicted molar refractivity (Wildman–Crippen MR) is 189 cm³/mol. The Morgan fingerprint density at radius 1 is 0.500 bits per heavy atom. The van der Waals surface area contributed by atoms with Gasteiger partial charge in [0.25, 0.3) is 0 Å². The summed E-state index contributed by atoms with van der Waals surface area (Å²) in [7, 11) is 0. The van der Waals surface area contributed by atoms with Crippen LogP contribution in [0.5, 0.6) is 0 Å². The highest BCUT2D eigenvalue weighted by molar-refractivity contribution is 6.33. The summed E-state index contributed by atoms with van der Waals surface area (Å²) in [6, 6.07) is 44.1. The van der Waals surface area contributed by atoms with E-state index in [0.29, 0.717) is 0 Å². The van der Waals surface area contributed by atoms with E-state index in [2.05, 4.69) is 147 Å². The first-order valence-electron chi connectivity index (χ1n) is 15.2. The van der Waals surface area contributed by atoms with Crippen LogP contribution in [0.4, 0.5) is 0 Å². The number of hydrogen-bond donors (Lipinski definition) is 0. The van der Waals surface area contributed by atoms with Crippen molar-refractivity contribution in [3.8, 4) is 44.5 Å². The molecule has 0 unspecified atom stereocenters. The highest BCUT2D eigenvalue weighted by Gasteiger charge is 2.32. The molecule has 0 aliphatic heterocycles. The first-order valence-corrected chi connectivity index (χ1v) is 15.2. The molecular weight excluding hydrogens is 532 g/mol. The summed E-state index contributed by atoms with van der Waals surface area (Å²) < 4.78 is 6.69. The van der Waals surface area contributed by atoms with Crippen LogP contribution in [0.15, 0.2) is 138 Å². The normalized spacial score (nSPS) is 12.2. The quantitative estimate of drug-likeness (QED) is 0.209. The van der Waals surface area contributed by atoms with Crippen LogP contribution in [-0.2, 0) is 0 Å². The summed E-state index contributed by atoms with van der Waals surface area (Å²) in [5, 5.41) is 7.35. The Balaban J connectivity index is 1.50. The van der Waals surface area contributed by atoms with Crippen LogP contribution in [0.25, 0.3) is 100 Å². The van der Waals surface area contributed by atoms with Gasteiger partial charge in [0.2, 0.25) is 0 Å². The molecule has 1 aromatic heterocycles. The van der Waals surface area contributed by atoms with Crippen molar-refractivity contribution in [3.05, 3.63) is 145 Å². The van der Waals surface area contributed by atoms with Crippen LogP contribution < -0.4 is 0 Å². The summed E-state index contributed by atoms with van der Waals surface area (Å²) in [5.74, 6) is 0. The first kappa shape index (κ1) is 24.9. The van der Waals surface area contributed by atoms with E-state index in [1.165, 1.54) is 71.4 Å². The van der Waals surface area contributed by atoms with Crippen LogP contribution in [0, 0.1) is 0 Å². The fourth-order valence-electron chi connectivity index (χ4n) is 7.52. The lowest BCUT2D eigenvalue weighted by Crippen LogP contribution is -1.93. The summed E-state index contributed by atoms with van der Waals surface area (Å²) in [4.78, 5) is 0. The smallest absolute Gasteiger partial charge is 0.136 e. The van der Waals surface area contributed by atoms with Gasteiger partial charge in [-0.2, -0.15) is 0 Å². The number of fused-ring (bicyclic) bond motifs is 8. The van der Waals surface area contributed by atoms with E-state index in [1.54, 1.807) is 0 Å². The van der Waals surface area contributed by atoms with E-state index >= 15 is 0 Å². The zero-order valence-corrected chi connectivity index (χ0v) is 24.4. The maximum absolute atomic E-state index is 6.69. The lowest BCUT2D eigenvalue weighted by molar-refractivity contribution is 0.669. The van der Waals surface area contributed by atoms with Crippen LogP contribution in [0.2, 0.25) is 0 Å². The van der Waals surface area contributed by atoms with Crippen molar-refractivity contribution in [2.75, 3.05) is 0 Å². The molecule has 0 N–H and O–H groups in total. The molecule has 1 aliphatic rings. The zero-order chi connectivity index (χ0) is 29.4. The third-order valence-electron chi connectivity index (χ3n) is 9.24. The van der Waals surface area contributed by atoms with Gasteiger partial charge < -0.3 is 4.42 Å². The molecule has 0 fully saturated rings. The maximum atomic E-state index is 6.69. The monoisotopic (exact) mass is 560 g/mol. The minimum atomic E-state index is 0.888. The number of allylic oxidation sites excluding steroid dienone is 1. The van der Waals surface area contributed by atoms with Gasteiger partial charge in [0.1, 0.15) is 11.2 Å². The highest BCUT2D eigenvalue weighted by atomic mass is 16.3. The molecule has 7 aromatic carbocycles.